The van der Waals surface area contributed by atoms with E-state index in [0.717, 1.165) is 31.6 Å². The van der Waals surface area contributed by atoms with E-state index in [1.807, 2.05) is 23.1 Å². The van der Waals surface area contributed by atoms with Crippen LogP contribution in [-0.4, -0.2) is 42.4 Å². The summed E-state index contributed by atoms with van der Waals surface area (Å²) in [6, 6.07) is 15.0. The summed E-state index contributed by atoms with van der Waals surface area (Å²) < 4.78 is 0. The molecular formula is C27H34N4O3. The van der Waals surface area contributed by atoms with E-state index in [4.69, 9.17) is 0 Å². The predicted octanol–water partition coefficient (Wildman–Crippen LogP) is 5.21. The van der Waals surface area contributed by atoms with Gasteiger partial charge >= 0.3 is 6.03 Å². The maximum atomic E-state index is 12.8. The molecule has 1 atom stereocenters. The Balaban J connectivity index is 1.32. The van der Waals surface area contributed by atoms with Crippen LogP contribution in [0.1, 0.15) is 57.4 Å². The Bertz CT molecular complexity index is 1030. The van der Waals surface area contributed by atoms with Gasteiger partial charge in [-0.1, -0.05) is 38.8 Å². The van der Waals surface area contributed by atoms with E-state index in [0.29, 0.717) is 23.8 Å². The molecule has 2 N–H and O–H groups in total. The minimum Gasteiger partial charge on any atom is -0.326 e. The van der Waals surface area contributed by atoms with Crippen LogP contribution in [0.25, 0.3) is 0 Å². The smallest absolute Gasteiger partial charge is 0.321 e. The highest BCUT2D eigenvalue weighted by Crippen LogP contribution is 2.28. The second kappa shape index (κ2) is 10.7. The van der Waals surface area contributed by atoms with Crippen LogP contribution in [0.3, 0.4) is 0 Å². The number of benzene rings is 2. The lowest BCUT2D eigenvalue weighted by atomic mass is 10.0. The van der Waals surface area contributed by atoms with Crippen molar-refractivity contribution in [3.8, 4) is 0 Å². The largest absolute Gasteiger partial charge is 0.326 e. The van der Waals surface area contributed by atoms with Crippen molar-refractivity contribution in [2.75, 3.05) is 35.2 Å². The van der Waals surface area contributed by atoms with Crippen molar-refractivity contribution in [1.29, 1.82) is 0 Å². The third-order valence-corrected chi connectivity index (χ3v) is 6.64. The van der Waals surface area contributed by atoms with Crippen LogP contribution in [0, 0.1) is 5.92 Å². The molecule has 7 nitrogen and oxygen atoms in total. The Labute approximate surface area is 201 Å². The van der Waals surface area contributed by atoms with Gasteiger partial charge in [-0.3, -0.25) is 9.59 Å². The van der Waals surface area contributed by atoms with E-state index in [9.17, 15) is 14.4 Å². The van der Waals surface area contributed by atoms with Gasteiger partial charge in [0.2, 0.25) is 11.8 Å². The van der Waals surface area contributed by atoms with Crippen LogP contribution in [0.5, 0.6) is 0 Å². The van der Waals surface area contributed by atoms with Crippen LogP contribution in [0.15, 0.2) is 48.5 Å². The fraction of sp³-hybridized carbons (Fsp3) is 0.444. The first kappa shape index (κ1) is 23.8. The lowest BCUT2D eigenvalue weighted by Crippen LogP contribution is -2.35. The first-order valence-electron chi connectivity index (χ1n) is 12.3. The number of anilines is 3. The average molecular weight is 463 g/mol. The molecule has 2 aliphatic rings. The second-order valence-corrected chi connectivity index (χ2v) is 9.55. The molecule has 2 saturated heterocycles. The van der Waals surface area contributed by atoms with Crippen molar-refractivity contribution >= 4 is 34.9 Å². The number of carbonyl (C=O) groups is 3. The van der Waals surface area contributed by atoms with E-state index in [1.165, 1.54) is 18.4 Å². The summed E-state index contributed by atoms with van der Waals surface area (Å²) in [6.07, 6.45) is 4.63. The number of likely N-dealkylation sites (tertiary alicyclic amines) is 1. The third-order valence-electron chi connectivity index (χ3n) is 6.64. The minimum atomic E-state index is -0.405. The van der Waals surface area contributed by atoms with E-state index >= 15 is 0 Å². The fourth-order valence-electron chi connectivity index (χ4n) is 4.54. The molecular weight excluding hydrogens is 428 g/mol. The maximum absolute atomic E-state index is 12.8. The van der Waals surface area contributed by atoms with Gasteiger partial charge in [0, 0.05) is 43.1 Å². The molecule has 7 heteroatoms. The van der Waals surface area contributed by atoms with Gasteiger partial charge in [-0.2, -0.15) is 0 Å². The molecule has 0 aromatic heterocycles. The number of hydrogen-bond donors (Lipinski definition) is 2. The molecule has 2 heterocycles. The zero-order valence-corrected chi connectivity index (χ0v) is 20.0. The van der Waals surface area contributed by atoms with Crippen molar-refractivity contribution in [1.82, 2.24) is 4.90 Å². The topological polar surface area (TPSA) is 81.8 Å². The van der Waals surface area contributed by atoms with Crippen molar-refractivity contribution in [2.24, 2.45) is 5.92 Å². The zero-order chi connectivity index (χ0) is 24.1. The third kappa shape index (κ3) is 5.76. The highest BCUT2D eigenvalue weighted by Gasteiger charge is 2.35. The van der Waals surface area contributed by atoms with E-state index in [1.54, 1.807) is 29.2 Å². The lowest BCUT2D eigenvalue weighted by Gasteiger charge is -2.21. The number of rotatable bonds is 5. The van der Waals surface area contributed by atoms with Gasteiger partial charge in [0.25, 0.3) is 0 Å². The van der Waals surface area contributed by atoms with Gasteiger partial charge in [-0.25, -0.2) is 4.79 Å². The number of carbonyl (C=O) groups excluding carboxylic acids is 3. The Kier molecular flexibility index (Phi) is 7.50. The molecule has 0 spiro atoms. The van der Waals surface area contributed by atoms with Gasteiger partial charge in [-0.15, -0.1) is 0 Å². The maximum Gasteiger partial charge on any atom is 0.321 e. The standard InChI is InChI=1S/C27H34N4O3/c1-19(2)20-8-7-9-24(16-20)31-18-21(17-25(31)32)26(33)28-22-10-12-23(13-11-22)29-27(34)30-14-5-3-4-6-15-30/h7-13,16,19,21H,3-6,14-15,17-18H2,1-2H3,(H,28,33)(H,29,34). The van der Waals surface area contributed by atoms with Crippen molar-refractivity contribution in [2.45, 2.75) is 51.9 Å². The summed E-state index contributed by atoms with van der Waals surface area (Å²) in [4.78, 5) is 41.5. The van der Waals surface area contributed by atoms with Gasteiger partial charge in [0.1, 0.15) is 0 Å². The summed E-state index contributed by atoms with van der Waals surface area (Å²) in [7, 11) is 0. The lowest BCUT2D eigenvalue weighted by molar-refractivity contribution is -0.122. The number of hydrogen-bond acceptors (Lipinski definition) is 3. The number of nitrogens with one attached hydrogen (secondary N) is 2. The molecule has 2 fully saturated rings. The Hall–Kier alpha value is -3.35. The monoisotopic (exact) mass is 462 g/mol. The summed E-state index contributed by atoms with van der Waals surface area (Å²) in [5.74, 6) is -0.240. The Morgan fingerprint density at radius 1 is 0.912 bits per heavy atom. The van der Waals surface area contributed by atoms with Crippen LogP contribution >= 0.6 is 0 Å². The molecule has 0 radical (unpaired) electrons. The Morgan fingerprint density at radius 2 is 1.56 bits per heavy atom. The molecule has 2 aromatic carbocycles. The summed E-state index contributed by atoms with van der Waals surface area (Å²) in [5, 5.41) is 5.86. The molecule has 0 bridgehead atoms. The summed E-state index contributed by atoms with van der Waals surface area (Å²) >= 11 is 0. The van der Waals surface area contributed by atoms with Crippen LogP contribution < -0.4 is 15.5 Å². The normalized spacial score (nSPS) is 18.7. The molecule has 1 unspecified atom stereocenters. The van der Waals surface area contributed by atoms with Crippen LogP contribution in [-0.2, 0) is 9.59 Å². The summed E-state index contributed by atoms with van der Waals surface area (Å²) in [6.45, 7) is 6.19. The summed E-state index contributed by atoms with van der Waals surface area (Å²) in [5.41, 5.74) is 3.35. The molecule has 0 aliphatic carbocycles. The second-order valence-electron chi connectivity index (χ2n) is 9.55. The van der Waals surface area contributed by atoms with Crippen molar-refractivity contribution in [3.63, 3.8) is 0 Å². The molecule has 2 aliphatic heterocycles. The molecule has 2 aromatic rings. The first-order chi connectivity index (χ1) is 16.4. The minimum absolute atomic E-state index is 0.0346. The van der Waals surface area contributed by atoms with Gasteiger partial charge < -0.3 is 20.4 Å². The number of amides is 4. The van der Waals surface area contributed by atoms with Gasteiger partial charge in [0.05, 0.1) is 5.92 Å². The molecule has 34 heavy (non-hydrogen) atoms. The molecule has 4 amide bonds. The SMILES string of the molecule is CC(C)c1cccc(N2CC(C(=O)Nc3ccc(NC(=O)N4CCCCCC4)cc3)CC2=O)c1. The molecule has 4 rings (SSSR count). The average Bonchev–Trinajstić information content (AvgIpc) is 3.03. The number of nitrogens with zero attached hydrogens (tertiary/aromatic N) is 2. The van der Waals surface area contributed by atoms with Gasteiger partial charge in [-0.05, 0) is 60.7 Å². The Morgan fingerprint density at radius 3 is 2.21 bits per heavy atom. The van der Waals surface area contributed by atoms with Crippen LogP contribution in [0.2, 0.25) is 0 Å². The van der Waals surface area contributed by atoms with E-state index in [-0.39, 0.29) is 24.3 Å². The van der Waals surface area contributed by atoms with E-state index in [2.05, 4.69) is 30.5 Å². The quantitative estimate of drug-likeness (QED) is 0.640. The molecule has 180 valence electrons. The first-order valence-corrected chi connectivity index (χ1v) is 12.3. The van der Waals surface area contributed by atoms with Crippen LogP contribution in [0.4, 0.5) is 21.9 Å². The van der Waals surface area contributed by atoms with Crippen molar-refractivity contribution in [3.05, 3.63) is 54.1 Å². The van der Waals surface area contributed by atoms with E-state index < -0.39 is 5.92 Å². The fourth-order valence-corrected chi connectivity index (χ4v) is 4.54. The highest BCUT2D eigenvalue weighted by atomic mass is 16.2. The van der Waals surface area contributed by atoms with Crippen molar-refractivity contribution < 1.29 is 14.4 Å². The van der Waals surface area contributed by atoms with Gasteiger partial charge in [0.15, 0.2) is 0 Å². The number of urea groups is 1. The molecule has 0 saturated carbocycles. The zero-order valence-electron chi connectivity index (χ0n) is 20.0. The highest BCUT2D eigenvalue weighted by molar-refractivity contribution is 6.03. The predicted molar refractivity (Wildman–Crippen MR) is 135 cm³/mol.